The topological polar surface area (TPSA) is 47.0 Å². The summed E-state index contributed by atoms with van der Waals surface area (Å²) >= 11 is 0. The molecule has 3 unspecified atom stereocenters. The standard InChI is InChI=1S/C27H39N3O2/c1-6-16-29-18-21(5)30(19-20(29)4)26(24-10-9-11-25(31)17-24)22-12-14-23(15-13-22)27(32)28(7-2)8-3/h9-15,17,20-21,26,31H,6-8,16,18-19H2,1-5H3. The minimum atomic E-state index is 0.0286. The quantitative estimate of drug-likeness (QED) is 0.646. The molecule has 1 aliphatic heterocycles. The van der Waals surface area contributed by atoms with Gasteiger partial charge in [-0.05, 0) is 76.1 Å². The maximum absolute atomic E-state index is 12.8. The SMILES string of the molecule is CCCN1CC(C)N(C(c2ccc(C(=O)N(CC)CC)cc2)c2cccc(O)c2)CC1C. The van der Waals surface area contributed by atoms with Gasteiger partial charge in [-0.25, -0.2) is 0 Å². The first-order valence-electron chi connectivity index (χ1n) is 12.1. The maximum Gasteiger partial charge on any atom is 0.253 e. The molecule has 1 saturated heterocycles. The summed E-state index contributed by atoms with van der Waals surface area (Å²) in [6.07, 6.45) is 1.16. The average molecular weight is 438 g/mol. The normalized spacial score (nSPS) is 20.8. The molecule has 174 valence electrons. The van der Waals surface area contributed by atoms with Crippen molar-refractivity contribution >= 4 is 5.91 Å². The maximum atomic E-state index is 12.8. The molecule has 1 amide bonds. The molecular formula is C27H39N3O2. The molecule has 1 heterocycles. The van der Waals surface area contributed by atoms with Gasteiger partial charge >= 0.3 is 0 Å². The van der Waals surface area contributed by atoms with Crippen molar-refractivity contribution in [3.8, 4) is 5.75 Å². The molecule has 3 rings (SSSR count). The average Bonchev–Trinajstić information content (AvgIpc) is 2.78. The van der Waals surface area contributed by atoms with E-state index in [1.165, 1.54) is 0 Å². The molecule has 0 bridgehead atoms. The van der Waals surface area contributed by atoms with Crippen molar-refractivity contribution < 1.29 is 9.90 Å². The highest BCUT2D eigenvalue weighted by Gasteiger charge is 2.34. The van der Waals surface area contributed by atoms with Crippen molar-refractivity contribution in [1.29, 1.82) is 0 Å². The van der Waals surface area contributed by atoms with Crippen LogP contribution in [0.2, 0.25) is 0 Å². The van der Waals surface area contributed by atoms with Crippen molar-refractivity contribution in [1.82, 2.24) is 14.7 Å². The van der Waals surface area contributed by atoms with E-state index < -0.39 is 0 Å². The van der Waals surface area contributed by atoms with Gasteiger partial charge in [-0.2, -0.15) is 0 Å². The first kappa shape index (κ1) is 24.3. The third-order valence-electron chi connectivity index (χ3n) is 6.72. The minimum absolute atomic E-state index is 0.0286. The second-order valence-corrected chi connectivity index (χ2v) is 8.99. The number of amides is 1. The highest BCUT2D eigenvalue weighted by Crippen LogP contribution is 2.34. The number of rotatable bonds is 8. The van der Waals surface area contributed by atoms with Crippen LogP contribution in [0.5, 0.6) is 5.75 Å². The third-order valence-corrected chi connectivity index (χ3v) is 6.72. The molecule has 2 aromatic carbocycles. The Morgan fingerprint density at radius 1 is 1.00 bits per heavy atom. The van der Waals surface area contributed by atoms with Gasteiger partial charge in [0.25, 0.3) is 5.91 Å². The number of hydrogen-bond donors (Lipinski definition) is 1. The van der Waals surface area contributed by atoms with Crippen LogP contribution < -0.4 is 0 Å². The summed E-state index contributed by atoms with van der Waals surface area (Å²) in [7, 11) is 0. The van der Waals surface area contributed by atoms with Gasteiger partial charge in [0.15, 0.2) is 0 Å². The Kier molecular flexibility index (Phi) is 8.32. The Morgan fingerprint density at radius 3 is 2.28 bits per heavy atom. The van der Waals surface area contributed by atoms with E-state index in [0.717, 1.165) is 42.7 Å². The summed E-state index contributed by atoms with van der Waals surface area (Å²) in [6, 6.07) is 16.5. The molecule has 0 spiro atoms. The largest absolute Gasteiger partial charge is 0.508 e. The zero-order valence-corrected chi connectivity index (χ0v) is 20.3. The van der Waals surface area contributed by atoms with Crippen LogP contribution in [0.1, 0.15) is 68.6 Å². The Labute approximate surface area is 193 Å². The molecule has 2 aromatic rings. The van der Waals surface area contributed by atoms with Crippen LogP contribution in [0.3, 0.4) is 0 Å². The van der Waals surface area contributed by atoms with E-state index in [1.807, 2.05) is 43.0 Å². The van der Waals surface area contributed by atoms with Gasteiger partial charge < -0.3 is 10.0 Å². The third kappa shape index (κ3) is 5.33. The molecule has 0 aromatic heterocycles. The summed E-state index contributed by atoms with van der Waals surface area (Å²) in [5, 5.41) is 10.2. The van der Waals surface area contributed by atoms with E-state index in [1.54, 1.807) is 6.07 Å². The van der Waals surface area contributed by atoms with E-state index in [4.69, 9.17) is 0 Å². The fourth-order valence-electron chi connectivity index (χ4n) is 4.96. The predicted octanol–water partition coefficient (Wildman–Crippen LogP) is 4.77. The second kappa shape index (κ2) is 11.0. The van der Waals surface area contributed by atoms with Gasteiger partial charge in [0.05, 0.1) is 6.04 Å². The molecule has 0 saturated carbocycles. The number of benzene rings is 2. The Morgan fingerprint density at radius 2 is 1.69 bits per heavy atom. The highest BCUT2D eigenvalue weighted by molar-refractivity contribution is 5.94. The number of nitrogens with zero attached hydrogens (tertiary/aromatic N) is 3. The second-order valence-electron chi connectivity index (χ2n) is 8.99. The minimum Gasteiger partial charge on any atom is -0.508 e. The van der Waals surface area contributed by atoms with Gasteiger partial charge in [0.2, 0.25) is 0 Å². The Balaban J connectivity index is 1.95. The van der Waals surface area contributed by atoms with Crippen LogP contribution in [-0.4, -0.2) is 70.5 Å². The Bertz CT molecular complexity index is 879. The lowest BCUT2D eigenvalue weighted by molar-refractivity contribution is 0.0241. The van der Waals surface area contributed by atoms with Gasteiger partial charge in [-0.1, -0.05) is 31.2 Å². The zero-order chi connectivity index (χ0) is 23.3. The first-order valence-corrected chi connectivity index (χ1v) is 12.1. The number of carbonyl (C=O) groups excluding carboxylic acids is 1. The van der Waals surface area contributed by atoms with Crippen LogP contribution in [0.25, 0.3) is 0 Å². The fourth-order valence-corrected chi connectivity index (χ4v) is 4.96. The summed E-state index contributed by atoms with van der Waals surface area (Å²) in [4.78, 5) is 19.7. The number of aromatic hydroxyl groups is 1. The molecule has 1 aliphatic rings. The number of hydrogen-bond acceptors (Lipinski definition) is 4. The summed E-state index contributed by atoms with van der Waals surface area (Å²) in [6.45, 7) is 15.4. The van der Waals surface area contributed by atoms with E-state index in [-0.39, 0.29) is 17.7 Å². The van der Waals surface area contributed by atoms with Crippen LogP contribution >= 0.6 is 0 Å². The lowest BCUT2D eigenvalue weighted by Gasteiger charge is -2.47. The molecule has 5 heteroatoms. The van der Waals surface area contributed by atoms with Gasteiger partial charge in [-0.3, -0.25) is 14.6 Å². The lowest BCUT2D eigenvalue weighted by atomic mass is 9.92. The molecule has 5 nitrogen and oxygen atoms in total. The van der Waals surface area contributed by atoms with Crippen LogP contribution in [-0.2, 0) is 0 Å². The van der Waals surface area contributed by atoms with Gasteiger partial charge in [0.1, 0.15) is 5.75 Å². The number of phenols is 1. The first-order chi connectivity index (χ1) is 15.4. The number of carbonyl (C=O) groups is 1. The molecule has 0 radical (unpaired) electrons. The lowest BCUT2D eigenvalue weighted by Crippen LogP contribution is -2.57. The fraction of sp³-hybridized carbons (Fsp3) is 0.519. The zero-order valence-electron chi connectivity index (χ0n) is 20.3. The number of piperazine rings is 1. The van der Waals surface area contributed by atoms with E-state index in [2.05, 4.69) is 48.8 Å². The number of phenolic OH excluding ortho intramolecular Hbond substituents is 1. The van der Waals surface area contributed by atoms with Crippen molar-refractivity contribution in [3.63, 3.8) is 0 Å². The van der Waals surface area contributed by atoms with E-state index >= 15 is 0 Å². The van der Waals surface area contributed by atoms with Crippen LogP contribution in [0.4, 0.5) is 0 Å². The van der Waals surface area contributed by atoms with Crippen molar-refractivity contribution in [3.05, 3.63) is 65.2 Å². The van der Waals surface area contributed by atoms with Gasteiger partial charge in [-0.15, -0.1) is 0 Å². The Hall–Kier alpha value is -2.37. The predicted molar refractivity (Wildman–Crippen MR) is 131 cm³/mol. The highest BCUT2D eigenvalue weighted by atomic mass is 16.3. The van der Waals surface area contributed by atoms with E-state index in [0.29, 0.717) is 25.2 Å². The molecule has 1 fully saturated rings. The van der Waals surface area contributed by atoms with Crippen molar-refractivity contribution in [2.45, 2.75) is 59.2 Å². The molecule has 0 aliphatic carbocycles. The van der Waals surface area contributed by atoms with Gasteiger partial charge in [0, 0.05) is 43.8 Å². The van der Waals surface area contributed by atoms with Crippen LogP contribution in [0.15, 0.2) is 48.5 Å². The summed E-state index contributed by atoms with van der Waals surface area (Å²) in [5.74, 6) is 0.358. The molecule has 1 N–H and O–H groups in total. The summed E-state index contributed by atoms with van der Waals surface area (Å²) in [5.41, 5.74) is 2.95. The monoisotopic (exact) mass is 437 g/mol. The molecule has 3 atom stereocenters. The smallest absolute Gasteiger partial charge is 0.253 e. The summed E-state index contributed by atoms with van der Waals surface area (Å²) < 4.78 is 0. The van der Waals surface area contributed by atoms with Crippen molar-refractivity contribution in [2.24, 2.45) is 0 Å². The molecule has 32 heavy (non-hydrogen) atoms. The van der Waals surface area contributed by atoms with E-state index in [9.17, 15) is 9.90 Å². The van der Waals surface area contributed by atoms with Crippen molar-refractivity contribution in [2.75, 3.05) is 32.7 Å². The molecular weight excluding hydrogens is 398 g/mol. The van der Waals surface area contributed by atoms with Crippen LogP contribution in [0, 0.1) is 0 Å².